The van der Waals surface area contributed by atoms with Crippen molar-refractivity contribution in [3.63, 3.8) is 0 Å². The fraction of sp³-hybridized carbons (Fsp3) is 0.379. The summed E-state index contributed by atoms with van der Waals surface area (Å²) in [6.07, 6.45) is 1.43. The number of aromatic nitrogens is 1. The van der Waals surface area contributed by atoms with Crippen molar-refractivity contribution >= 4 is 21.8 Å². The van der Waals surface area contributed by atoms with Crippen molar-refractivity contribution in [3.05, 3.63) is 78.4 Å². The van der Waals surface area contributed by atoms with E-state index in [2.05, 4.69) is 119 Å². The molecule has 162 valence electrons. The lowest BCUT2D eigenvalue weighted by molar-refractivity contribution is -0.0360. The van der Waals surface area contributed by atoms with Gasteiger partial charge in [-0.25, -0.2) is 0 Å². The van der Waals surface area contributed by atoms with Crippen molar-refractivity contribution in [2.24, 2.45) is 10.8 Å². The van der Waals surface area contributed by atoms with Crippen LogP contribution in [0.2, 0.25) is 0 Å². The van der Waals surface area contributed by atoms with Crippen LogP contribution in [-0.4, -0.2) is 9.67 Å². The van der Waals surface area contributed by atoms with E-state index in [1.54, 1.807) is 0 Å². The molecule has 3 aromatic carbocycles. The SMILES string of the molecule is CC(C)(C)CC(O)(CC(C)(C)C)c1cccc(-n2c3ccccc3c3ccccc32)c1. The molecule has 2 nitrogen and oxygen atoms in total. The van der Waals surface area contributed by atoms with Crippen LogP contribution >= 0.6 is 0 Å². The highest BCUT2D eigenvalue weighted by Crippen LogP contribution is 2.43. The lowest BCUT2D eigenvalue weighted by atomic mass is 9.71. The molecule has 0 unspecified atom stereocenters. The van der Waals surface area contributed by atoms with E-state index in [1.165, 1.54) is 21.8 Å². The number of rotatable bonds is 4. The fourth-order valence-electron chi connectivity index (χ4n) is 5.16. The third kappa shape index (κ3) is 4.41. The van der Waals surface area contributed by atoms with Crippen LogP contribution in [0.5, 0.6) is 0 Å². The molecule has 4 rings (SSSR count). The monoisotopic (exact) mass is 413 g/mol. The zero-order valence-corrected chi connectivity index (χ0v) is 19.7. The number of aliphatic hydroxyl groups is 1. The van der Waals surface area contributed by atoms with Gasteiger partial charge >= 0.3 is 0 Å². The van der Waals surface area contributed by atoms with Crippen molar-refractivity contribution in [3.8, 4) is 5.69 Å². The molecule has 1 aromatic heterocycles. The zero-order chi connectivity index (χ0) is 22.4. The Labute approximate surface area is 186 Å². The molecule has 1 heterocycles. The molecule has 0 fully saturated rings. The molecule has 4 aromatic rings. The second kappa shape index (κ2) is 7.53. The summed E-state index contributed by atoms with van der Waals surface area (Å²) in [7, 11) is 0. The molecule has 2 heteroatoms. The molecular formula is C29H35NO. The molecule has 0 aliphatic rings. The smallest absolute Gasteiger partial charge is 0.0907 e. The highest BCUT2D eigenvalue weighted by Gasteiger charge is 2.37. The first kappa shape index (κ1) is 21.6. The summed E-state index contributed by atoms with van der Waals surface area (Å²) in [5.41, 5.74) is 3.62. The van der Waals surface area contributed by atoms with E-state index >= 15 is 0 Å². The number of para-hydroxylation sites is 2. The maximum absolute atomic E-state index is 12.0. The lowest BCUT2D eigenvalue weighted by Crippen LogP contribution is -2.35. The van der Waals surface area contributed by atoms with Gasteiger partial charge in [0.25, 0.3) is 0 Å². The van der Waals surface area contributed by atoms with Crippen LogP contribution in [0.1, 0.15) is 59.9 Å². The van der Waals surface area contributed by atoms with Gasteiger partial charge in [-0.05, 0) is 53.5 Å². The normalized spacial score (nSPS) is 13.3. The summed E-state index contributed by atoms with van der Waals surface area (Å²) in [5, 5.41) is 14.5. The van der Waals surface area contributed by atoms with E-state index < -0.39 is 5.60 Å². The molecule has 0 atom stereocenters. The highest BCUT2D eigenvalue weighted by atomic mass is 16.3. The standard InChI is InChI=1S/C29H35NO/c1-27(2,3)19-29(31,20-28(4,5)6)21-12-11-13-22(18-21)30-25-16-9-7-14-23(25)24-15-8-10-17-26(24)30/h7-18,31H,19-20H2,1-6H3. The van der Waals surface area contributed by atoms with Crippen LogP contribution < -0.4 is 0 Å². The first-order valence-electron chi connectivity index (χ1n) is 11.3. The van der Waals surface area contributed by atoms with Gasteiger partial charge in [0, 0.05) is 16.5 Å². The van der Waals surface area contributed by atoms with E-state index in [1.807, 2.05) is 0 Å². The van der Waals surface area contributed by atoms with Gasteiger partial charge in [0.15, 0.2) is 0 Å². The summed E-state index contributed by atoms with van der Waals surface area (Å²) < 4.78 is 2.32. The van der Waals surface area contributed by atoms with Gasteiger partial charge in [-0.2, -0.15) is 0 Å². The molecular weight excluding hydrogens is 378 g/mol. The van der Waals surface area contributed by atoms with Crippen LogP contribution in [0.4, 0.5) is 0 Å². The van der Waals surface area contributed by atoms with Gasteiger partial charge in [-0.1, -0.05) is 90.1 Å². The Morgan fingerprint density at radius 1 is 0.645 bits per heavy atom. The predicted molar refractivity (Wildman–Crippen MR) is 133 cm³/mol. The van der Waals surface area contributed by atoms with Crippen LogP contribution in [0.3, 0.4) is 0 Å². The molecule has 0 saturated heterocycles. The molecule has 0 aliphatic carbocycles. The molecule has 0 spiro atoms. The van der Waals surface area contributed by atoms with Crippen LogP contribution in [0.25, 0.3) is 27.5 Å². The largest absolute Gasteiger partial charge is 0.385 e. The van der Waals surface area contributed by atoms with Crippen LogP contribution in [0.15, 0.2) is 72.8 Å². The maximum Gasteiger partial charge on any atom is 0.0907 e. The van der Waals surface area contributed by atoms with Crippen molar-refractivity contribution in [1.82, 2.24) is 4.57 Å². The maximum atomic E-state index is 12.0. The summed E-state index contributed by atoms with van der Waals surface area (Å²) >= 11 is 0. The third-order valence-corrected chi connectivity index (χ3v) is 5.87. The minimum Gasteiger partial charge on any atom is -0.385 e. The molecule has 0 amide bonds. The van der Waals surface area contributed by atoms with Gasteiger partial charge in [-0.15, -0.1) is 0 Å². The second-order valence-electron chi connectivity index (χ2n) is 11.4. The minimum absolute atomic E-state index is 0.0167. The predicted octanol–water partition coefficient (Wildman–Crippen LogP) is 7.84. The van der Waals surface area contributed by atoms with Crippen LogP contribution in [0, 0.1) is 10.8 Å². The Bertz CT molecular complexity index is 1150. The summed E-state index contributed by atoms with van der Waals surface area (Å²) in [6.45, 7) is 13.2. The summed E-state index contributed by atoms with van der Waals surface area (Å²) in [5.74, 6) is 0. The van der Waals surface area contributed by atoms with Crippen molar-refractivity contribution in [2.45, 2.75) is 60.0 Å². The number of hydrogen-bond acceptors (Lipinski definition) is 1. The molecule has 0 saturated carbocycles. The van der Waals surface area contributed by atoms with Gasteiger partial charge in [-0.3, -0.25) is 0 Å². The van der Waals surface area contributed by atoms with Gasteiger partial charge in [0.2, 0.25) is 0 Å². The van der Waals surface area contributed by atoms with Crippen molar-refractivity contribution in [2.75, 3.05) is 0 Å². The van der Waals surface area contributed by atoms with Gasteiger partial charge < -0.3 is 9.67 Å². The lowest BCUT2D eigenvalue weighted by Gasteiger charge is -2.39. The molecule has 0 bridgehead atoms. The third-order valence-electron chi connectivity index (χ3n) is 5.87. The van der Waals surface area contributed by atoms with Crippen molar-refractivity contribution in [1.29, 1.82) is 0 Å². The van der Waals surface area contributed by atoms with E-state index in [0.29, 0.717) is 12.8 Å². The highest BCUT2D eigenvalue weighted by molar-refractivity contribution is 6.09. The first-order chi connectivity index (χ1) is 14.5. The van der Waals surface area contributed by atoms with E-state index in [4.69, 9.17) is 0 Å². The van der Waals surface area contributed by atoms with E-state index in [-0.39, 0.29) is 10.8 Å². The quantitative estimate of drug-likeness (QED) is 0.362. The second-order valence-corrected chi connectivity index (χ2v) is 11.4. The molecule has 31 heavy (non-hydrogen) atoms. The van der Waals surface area contributed by atoms with Crippen molar-refractivity contribution < 1.29 is 5.11 Å². The van der Waals surface area contributed by atoms with E-state index in [9.17, 15) is 5.11 Å². The number of fused-ring (bicyclic) bond motifs is 3. The van der Waals surface area contributed by atoms with E-state index in [0.717, 1.165) is 11.3 Å². The Morgan fingerprint density at radius 2 is 1.13 bits per heavy atom. The number of hydrogen-bond donors (Lipinski definition) is 1. The van der Waals surface area contributed by atoms with Gasteiger partial charge in [0.1, 0.15) is 0 Å². The number of nitrogens with zero attached hydrogens (tertiary/aromatic N) is 1. The summed E-state index contributed by atoms with van der Waals surface area (Å²) in [4.78, 5) is 0. The van der Waals surface area contributed by atoms with Crippen LogP contribution in [-0.2, 0) is 5.60 Å². The Hall–Kier alpha value is -2.58. The average Bonchev–Trinajstić information content (AvgIpc) is 3.00. The molecule has 1 N–H and O–H groups in total. The van der Waals surface area contributed by atoms with Gasteiger partial charge in [0.05, 0.1) is 16.6 Å². The fourth-order valence-corrected chi connectivity index (χ4v) is 5.16. The summed E-state index contributed by atoms with van der Waals surface area (Å²) in [6, 6.07) is 25.6. The Kier molecular flexibility index (Phi) is 5.26. The average molecular weight is 414 g/mol. The topological polar surface area (TPSA) is 25.2 Å². The first-order valence-corrected chi connectivity index (χ1v) is 11.3. The minimum atomic E-state index is -0.884. The Morgan fingerprint density at radius 3 is 1.61 bits per heavy atom. The zero-order valence-electron chi connectivity index (χ0n) is 19.7. The molecule has 0 aliphatic heterocycles. The molecule has 0 radical (unpaired) electrons. The Balaban J connectivity index is 1.92. The number of benzene rings is 3.